The fourth-order valence-electron chi connectivity index (χ4n) is 2.17. The molecule has 0 fully saturated rings. The van der Waals surface area contributed by atoms with Crippen molar-refractivity contribution in [3.8, 4) is 0 Å². The van der Waals surface area contributed by atoms with Gasteiger partial charge in [0.25, 0.3) is 0 Å². The first-order valence-electron chi connectivity index (χ1n) is 5.85. The van der Waals surface area contributed by atoms with E-state index in [4.69, 9.17) is 0 Å². The van der Waals surface area contributed by atoms with Gasteiger partial charge < -0.3 is 5.11 Å². The summed E-state index contributed by atoms with van der Waals surface area (Å²) < 4.78 is 14.0. The summed E-state index contributed by atoms with van der Waals surface area (Å²) in [6.07, 6.45) is 2.29. The number of pyridine rings is 1. The van der Waals surface area contributed by atoms with E-state index in [1.165, 1.54) is 6.07 Å². The number of benzene rings is 1. The first kappa shape index (κ1) is 12.7. The summed E-state index contributed by atoms with van der Waals surface area (Å²) in [7, 11) is 0. The molecule has 1 aromatic heterocycles. The molecule has 0 saturated heterocycles. The number of aryl methyl sites for hydroxylation is 3. The molecule has 0 saturated carbocycles. The van der Waals surface area contributed by atoms with Crippen molar-refractivity contribution in [1.82, 2.24) is 4.98 Å². The molecular formula is C15H16FNO. The molecule has 1 aromatic carbocycles. The summed E-state index contributed by atoms with van der Waals surface area (Å²) >= 11 is 0. The Morgan fingerprint density at radius 2 is 1.78 bits per heavy atom. The quantitative estimate of drug-likeness (QED) is 0.881. The van der Waals surface area contributed by atoms with Gasteiger partial charge in [-0.25, -0.2) is 4.39 Å². The smallest absolute Gasteiger partial charge is 0.129 e. The van der Waals surface area contributed by atoms with E-state index in [1.54, 1.807) is 19.3 Å². The van der Waals surface area contributed by atoms with Crippen molar-refractivity contribution in [3.05, 3.63) is 64.2 Å². The number of halogens is 1. The van der Waals surface area contributed by atoms with E-state index in [0.29, 0.717) is 11.1 Å². The SMILES string of the molecule is Cc1cncc(C(O)c2c(C)cc(C)cc2F)c1. The second-order valence-electron chi connectivity index (χ2n) is 4.68. The van der Waals surface area contributed by atoms with Crippen molar-refractivity contribution < 1.29 is 9.50 Å². The molecule has 3 heteroatoms. The summed E-state index contributed by atoms with van der Waals surface area (Å²) in [4.78, 5) is 4.03. The van der Waals surface area contributed by atoms with Crippen LogP contribution in [-0.4, -0.2) is 10.1 Å². The highest BCUT2D eigenvalue weighted by atomic mass is 19.1. The van der Waals surface area contributed by atoms with Gasteiger partial charge in [-0.1, -0.05) is 12.1 Å². The summed E-state index contributed by atoms with van der Waals surface area (Å²) in [5.41, 5.74) is 3.48. The highest BCUT2D eigenvalue weighted by Gasteiger charge is 2.18. The van der Waals surface area contributed by atoms with Crippen LogP contribution in [0.3, 0.4) is 0 Å². The molecule has 0 amide bonds. The van der Waals surface area contributed by atoms with E-state index >= 15 is 0 Å². The van der Waals surface area contributed by atoms with E-state index in [-0.39, 0.29) is 5.82 Å². The summed E-state index contributed by atoms with van der Waals surface area (Å²) in [5.74, 6) is -0.374. The molecule has 0 bridgehead atoms. The van der Waals surface area contributed by atoms with E-state index in [9.17, 15) is 9.50 Å². The molecule has 1 heterocycles. The topological polar surface area (TPSA) is 33.1 Å². The number of hydrogen-bond acceptors (Lipinski definition) is 2. The summed E-state index contributed by atoms with van der Waals surface area (Å²) in [6.45, 7) is 5.53. The van der Waals surface area contributed by atoms with Gasteiger partial charge in [0.1, 0.15) is 11.9 Å². The summed E-state index contributed by atoms with van der Waals surface area (Å²) in [6, 6.07) is 5.12. The van der Waals surface area contributed by atoms with Crippen LogP contribution >= 0.6 is 0 Å². The molecule has 1 N–H and O–H groups in total. The van der Waals surface area contributed by atoms with Gasteiger partial charge in [-0.3, -0.25) is 4.98 Å². The zero-order chi connectivity index (χ0) is 13.3. The first-order chi connectivity index (χ1) is 8.49. The lowest BCUT2D eigenvalue weighted by Gasteiger charge is -2.16. The molecule has 2 aromatic rings. The molecule has 1 unspecified atom stereocenters. The zero-order valence-electron chi connectivity index (χ0n) is 10.7. The maximum Gasteiger partial charge on any atom is 0.129 e. The van der Waals surface area contributed by atoms with Crippen molar-refractivity contribution in [2.24, 2.45) is 0 Å². The molecule has 0 aliphatic heterocycles. The van der Waals surface area contributed by atoms with Crippen LogP contribution in [0.25, 0.3) is 0 Å². The predicted octanol–water partition coefficient (Wildman–Crippen LogP) is 3.23. The number of aliphatic hydroxyl groups is 1. The van der Waals surface area contributed by atoms with Crippen molar-refractivity contribution in [2.75, 3.05) is 0 Å². The minimum Gasteiger partial charge on any atom is -0.383 e. The van der Waals surface area contributed by atoms with Crippen LogP contribution in [0, 0.1) is 26.6 Å². The maximum absolute atomic E-state index is 14.0. The van der Waals surface area contributed by atoms with Gasteiger partial charge in [0.05, 0.1) is 0 Å². The Kier molecular flexibility index (Phi) is 3.43. The van der Waals surface area contributed by atoms with E-state index in [0.717, 1.165) is 16.7 Å². The number of hydrogen-bond donors (Lipinski definition) is 1. The molecule has 94 valence electrons. The molecular weight excluding hydrogens is 229 g/mol. The molecule has 18 heavy (non-hydrogen) atoms. The first-order valence-corrected chi connectivity index (χ1v) is 5.85. The average molecular weight is 245 g/mol. The Morgan fingerprint density at radius 1 is 1.06 bits per heavy atom. The number of rotatable bonds is 2. The second-order valence-corrected chi connectivity index (χ2v) is 4.68. The second kappa shape index (κ2) is 4.86. The van der Waals surface area contributed by atoms with Gasteiger partial charge in [-0.2, -0.15) is 0 Å². The van der Waals surface area contributed by atoms with Crippen molar-refractivity contribution in [3.63, 3.8) is 0 Å². The fraction of sp³-hybridized carbons (Fsp3) is 0.267. The van der Waals surface area contributed by atoms with Gasteiger partial charge in [-0.15, -0.1) is 0 Å². The Bertz CT molecular complexity index is 557. The number of aromatic nitrogens is 1. The van der Waals surface area contributed by atoms with Crippen LogP contribution in [0.4, 0.5) is 4.39 Å². The van der Waals surface area contributed by atoms with Gasteiger partial charge in [-0.05, 0) is 43.5 Å². The van der Waals surface area contributed by atoms with Crippen molar-refractivity contribution in [2.45, 2.75) is 26.9 Å². The summed E-state index contributed by atoms with van der Waals surface area (Å²) in [5, 5.41) is 10.3. The number of nitrogens with zero attached hydrogens (tertiary/aromatic N) is 1. The van der Waals surface area contributed by atoms with Gasteiger partial charge in [0, 0.05) is 23.5 Å². The van der Waals surface area contributed by atoms with E-state index in [1.807, 2.05) is 26.0 Å². The highest BCUT2D eigenvalue weighted by molar-refractivity contribution is 5.38. The van der Waals surface area contributed by atoms with Crippen LogP contribution in [0.1, 0.15) is 33.9 Å². The molecule has 0 spiro atoms. The van der Waals surface area contributed by atoms with Gasteiger partial charge in [0.2, 0.25) is 0 Å². The van der Waals surface area contributed by atoms with Crippen molar-refractivity contribution in [1.29, 1.82) is 0 Å². The average Bonchev–Trinajstić information content (AvgIpc) is 2.27. The van der Waals surface area contributed by atoms with Gasteiger partial charge in [0.15, 0.2) is 0 Å². The van der Waals surface area contributed by atoms with Crippen LogP contribution in [0.5, 0.6) is 0 Å². The highest BCUT2D eigenvalue weighted by Crippen LogP contribution is 2.28. The molecule has 0 radical (unpaired) electrons. The monoisotopic (exact) mass is 245 g/mol. The standard InChI is InChI=1S/C15H16FNO/c1-9-4-11(3)14(13(16)6-9)15(18)12-5-10(2)7-17-8-12/h4-8,15,18H,1-3H3. The van der Waals surface area contributed by atoms with E-state index < -0.39 is 6.10 Å². The largest absolute Gasteiger partial charge is 0.383 e. The van der Waals surface area contributed by atoms with Crippen LogP contribution in [0.2, 0.25) is 0 Å². The maximum atomic E-state index is 14.0. The third-order valence-corrected chi connectivity index (χ3v) is 2.97. The molecule has 0 aliphatic rings. The minimum absolute atomic E-state index is 0.327. The normalized spacial score (nSPS) is 12.5. The van der Waals surface area contributed by atoms with Crippen molar-refractivity contribution >= 4 is 0 Å². The molecule has 0 aliphatic carbocycles. The lowest BCUT2D eigenvalue weighted by atomic mass is 9.96. The molecule has 2 rings (SSSR count). The minimum atomic E-state index is -0.974. The Labute approximate surface area is 106 Å². The third-order valence-electron chi connectivity index (χ3n) is 2.97. The van der Waals surface area contributed by atoms with E-state index in [2.05, 4.69) is 4.98 Å². The predicted molar refractivity (Wildman–Crippen MR) is 68.9 cm³/mol. The third kappa shape index (κ3) is 2.41. The van der Waals surface area contributed by atoms with Crippen LogP contribution in [0.15, 0.2) is 30.6 Å². The zero-order valence-corrected chi connectivity index (χ0v) is 10.7. The Morgan fingerprint density at radius 3 is 2.39 bits per heavy atom. The fourth-order valence-corrected chi connectivity index (χ4v) is 2.17. The van der Waals surface area contributed by atoms with Gasteiger partial charge >= 0.3 is 0 Å². The lowest BCUT2D eigenvalue weighted by molar-refractivity contribution is 0.213. The molecule has 2 nitrogen and oxygen atoms in total. The lowest BCUT2D eigenvalue weighted by Crippen LogP contribution is -2.06. The number of aliphatic hydroxyl groups excluding tert-OH is 1. The Balaban J connectivity index is 2.49. The van der Waals surface area contributed by atoms with Crippen LogP contribution in [-0.2, 0) is 0 Å². The Hall–Kier alpha value is -1.74. The molecule has 1 atom stereocenters. The van der Waals surface area contributed by atoms with Crippen LogP contribution < -0.4 is 0 Å².